The molecule has 0 heterocycles. The van der Waals surface area contributed by atoms with E-state index in [1.165, 1.54) is 6.92 Å². The highest BCUT2D eigenvalue weighted by Gasteiger charge is 2.31. The lowest BCUT2D eigenvalue weighted by Gasteiger charge is -2.26. The molecule has 1 aromatic rings. The van der Waals surface area contributed by atoms with E-state index >= 15 is 0 Å². The van der Waals surface area contributed by atoms with Gasteiger partial charge in [0.2, 0.25) is 0 Å². The molecule has 0 bridgehead atoms. The van der Waals surface area contributed by atoms with Crippen molar-refractivity contribution in [2.45, 2.75) is 31.1 Å². The van der Waals surface area contributed by atoms with E-state index in [0.717, 1.165) is 17.4 Å². The summed E-state index contributed by atoms with van der Waals surface area (Å²) in [6.07, 6.45) is 0.136. The van der Waals surface area contributed by atoms with Gasteiger partial charge in [0.1, 0.15) is 0 Å². The van der Waals surface area contributed by atoms with Gasteiger partial charge in [0.05, 0.1) is 11.4 Å². The molecule has 1 rings (SSSR count). The minimum atomic E-state index is -3.28. The first kappa shape index (κ1) is 15.1. The van der Waals surface area contributed by atoms with Gasteiger partial charge in [-0.3, -0.25) is 0 Å². The van der Waals surface area contributed by atoms with Gasteiger partial charge in [0, 0.05) is 18.7 Å². The van der Waals surface area contributed by atoms with Crippen LogP contribution in [0, 0.1) is 6.92 Å². The van der Waals surface area contributed by atoms with Crippen molar-refractivity contribution in [1.29, 1.82) is 0 Å². The zero-order chi connectivity index (χ0) is 13.9. The second-order valence-corrected chi connectivity index (χ2v) is 7.18. The van der Waals surface area contributed by atoms with Crippen LogP contribution in [-0.2, 0) is 9.84 Å². The van der Waals surface area contributed by atoms with E-state index in [-0.39, 0.29) is 12.5 Å². The summed E-state index contributed by atoms with van der Waals surface area (Å²) in [5.74, 6) is -0.365. The fourth-order valence-electron chi connectivity index (χ4n) is 1.87. The predicted octanol–water partition coefficient (Wildman–Crippen LogP) is 0.831. The molecule has 3 unspecified atom stereocenters. The van der Waals surface area contributed by atoms with Crippen LogP contribution in [-0.4, -0.2) is 37.7 Å². The van der Waals surface area contributed by atoms with E-state index in [9.17, 15) is 13.5 Å². The molecule has 0 aliphatic rings. The van der Waals surface area contributed by atoms with Crippen molar-refractivity contribution in [1.82, 2.24) is 0 Å². The van der Waals surface area contributed by atoms with E-state index in [1.54, 1.807) is 0 Å². The number of aliphatic hydroxyl groups is 1. The minimum absolute atomic E-state index is 0.212. The SMILES string of the molecule is Cc1ccc(C(CN)C(O)C(C)S(C)(=O)=O)cc1. The average molecular weight is 271 g/mol. The molecule has 0 spiro atoms. The topological polar surface area (TPSA) is 80.4 Å². The molecule has 0 aliphatic heterocycles. The Labute approximate surface area is 109 Å². The lowest BCUT2D eigenvalue weighted by atomic mass is 9.91. The van der Waals surface area contributed by atoms with Crippen molar-refractivity contribution in [2.24, 2.45) is 5.73 Å². The van der Waals surface area contributed by atoms with Crippen LogP contribution < -0.4 is 5.73 Å². The molecule has 3 atom stereocenters. The van der Waals surface area contributed by atoms with Crippen LogP contribution in [0.1, 0.15) is 24.0 Å². The Bertz CT molecular complexity index is 481. The second-order valence-electron chi connectivity index (χ2n) is 4.78. The Morgan fingerprint density at radius 1 is 1.28 bits per heavy atom. The highest BCUT2D eigenvalue weighted by Crippen LogP contribution is 2.23. The van der Waals surface area contributed by atoms with Gasteiger partial charge in [-0.2, -0.15) is 0 Å². The molecule has 18 heavy (non-hydrogen) atoms. The van der Waals surface area contributed by atoms with Gasteiger partial charge in [-0.15, -0.1) is 0 Å². The van der Waals surface area contributed by atoms with Crippen LogP contribution in [0.15, 0.2) is 24.3 Å². The lowest BCUT2D eigenvalue weighted by molar-refractivity contribution is 0.144. The van der Waals surface area contributed by atoms with Gasteiger partial charge in [-0.05, 0) is 19.4 Å². The number of benzene rings is 1. The monoisotopic (exact) mass is 271 g/mol. The van der Waals surface area contributed by atoms with Gasteiger partial charge in [-0.25, -0.2) is 8.42 Å². The Morgan fingerprint density at radius 3 is 2.17 bits per heavy atom. The third kappa shape index (κ3) is 3.54. The summed E-state index contributed by atoms with van der Waals surface area (Å²) in [4.78, 5) is 0. The predicted molar refractivity (Wildman–Crippen MR) is 73.3 cm³/mol. The maximum absolute atomic E-state index is 11.5. The van der Waals surface area contributed by atoms with Gasteiger partial charge in [-0.1, -0.05) is 29.8 Å². The van der Waals surface area contributed by atoms with Crippen molar-refractivity contribution in [3.63, 3.8) is 0 Å². The van der Waals surface area contributed by atoms with Gasteiger partial charge >= 0.3 is 0 Å². The average Bonchev–Trinajstić information content (AvgIpc) is 2.30. The highest BCUT2D eigenvalue weighted by atomic mass is 32.2. The van der Waals surface area contributed by atoms with Crippen LogP contribution >= 0.6 is 0 Å². The summed E-state index contributed by atoms with van der Waals surface area (Å²) >= 11 is 0. The molecule has 4 nitrogen and oxygen atoms in total. The zero-order valence-electron chi connectivity index (χ0n) is 11.0. The molecular formula is C13H21NO3S. The standard InChI is InChI=1S/C13H21NO3S/c1-9-4-6-11(7-5-9)12(8-14)13(15)10(2)18(3,16)17/h4-7,10,12-13,15H,8,14H2,1-3H3. The van der Waals surface area contributed by atoms with Crippen molar-refractivity contribution in [3.05, 3.63) is 35.4 Å². The van der Waals surface area contributed by atoms with Crippen LogP contribution in [0.5, 0.6) is 0 Å². The van der Waals surface area contributed by atoms with Crippen LogP contribution in [0.4, 0.5) is 0 Å². The first-order valence-corrected chi connectivity index (χ1v) is 7.86. The molecule has 1 aromatic carbocycles. The lowest BCUT2D eigenvalue weighted by Crippen LogP contribution is -2.38. The fraction of sp³-hybridized carbons (Fsp3) is 0.538. The maximum Gasteiger partial charge on any atom is 0.152 e. The van der Waals surface area contributed by atoms with E-state index in [1.807, 2.05) is 31.2 Å². The van der Waals surface area contributed by atoms with Crippen molar-refractivity contribution >= 4 is 9.84 Å². The second kappa shape index (κ2) is 5.82. The Balaban J connectivity index is 3.00. The number of nitrogens with two attached hydrogens (primary N) is 1. The number of aliphatic hydroxyl groups excluding tert-OH is 1. The quantitative estimate of drug-likeness (QED) is 0.831. The van der Waals surface area contributed by atoms with Crippen molar-refractivity contribution in [3.8, 4) is 0 Å². The zero-order valence-corrected chi connectivity index (χ0v) is 11.8. The number of hydrogen-bond acceptors (Lipinski definition) is 4. The summed E-state index contributed by atoms with van der Waals surface area (Å²) < 4.78 is 23.0. The summed E-state index contributed by atoms with van der Waals surface area (Å²) in [7, 11) is -3.28. The third-order valence-electron chi connectivity index (χ3n) is 3.33. The fourth-order valence-corrected chi connectivity index (χ4v) is 2.56. The van der Waals surface area contributed by atoms with Crippen LogP contribution in [0.2, 0.25) is 0 Å². The molecule has 0 saturated carbocycles. The Hall–Kier alpha value is -0.910. The molecule has 0 saturated heterocycles. The van der Waals surface area contributed by atoms with E-state index < -0.39 is 21.2 Å². The van der Waals surface area contributed by atoms with Crippen LogP contribution in [0.3, 0.4) is 0 Å². The number of hydrogen-bond donors (Lipinski definition) is 2. The van der Waals surface area contributed by atoms with Crippen LogP contribution in [0.25, 0.3) is 0 Å². The summed E-state index contributed by atoms with van der Waals surface area (Å²) in [6, 6.07) is 7.61. The molecule has 3 N–H and O–H groups in total. The summed E-state index contributed by atoms with van der Waals surface area (Å²) in [6.45, 7) is 3.69. The largest absolute Gasteiger partial charge is 0.391 e. The Kier molecular flexibility index (Phi) is 4.90. The van der Waals surface area contributed by atoms with Gasteiger partial charge in [0.25, 0.3) is 0 Å². The molecular weight excluding hydrogens is 250 g/mol. The van der Waals surface area contributed by atoms with E-state index in [2.05, 4.69) is 0 Å². The molecule has 0 aliphatic carbocycles. The number of rotatable bonds is 5. The van der Waals surface area contributed by atoms with E-state index in [0.29, 0.717) is 0 Å². The number of sulfone groups is 1. The van der Waals surface area contributed by atoms with Crippen molar-refractivity contribution in [2.75, 3.05) is 12.8 Å². The summed E-state index contributed by atoms with van der Waals surface area (Å²) in [5.41, 5.74) is 7.65. The van der Waals surface area contributed by atoms with Gasteiger partial charge < -0.3 is 10.8 Å². The molecule has 0 fully saturated rings. The summed E-state index contributed by atoms with van der Waals surface area (Å²) in [5, 5.41) is 9.35. The first-order valence-electron chi connectivity index (χ1n) is 5.91. The molecule has 102 valence electrons. The first-order chi connectivity index (χ1) is 8.27. The normalized spacial score (nSPS) is 17.2. The molecule has 0 radical (unpaired) electrons. The molecule has 0 aromatic heterocycles. The van der Waals surface area contributed by atoms with Crippen molar-refractivity contribution < 1.29 is 13.5 Å². The third-order valence-corrected chi connectivity index (χ3v) is 4.96. The number of aryl methyl sites for hydroxylation is 1. The smallest absolute Gasteiger partial charge is 0.152 e. The van der Waals surface area contributed by atoms with E-state index in [4.69, 9.17) is 5.73 Å². The van der Waals surface area contributed by atoms with Gasteiger partial charge in [0.15, 0.2) is 9.84 Å². The minimum Gasteiger partial charge on any atom is -0.391 e. The Morgan fingerprint density at radius 2 is 1.78 bits per heavy atom. The molecule has 5 heteroatoms. The highest BCUT2D eigenvalue weighted by molar-refractivity contribution is 7.91. The molecule has 0 amide bonds. The maximum atomic E-state index is 11.5.